The average Bonchev–Trinajstić information content (AvgIpc) is 3.51. The lowest BCUT2D eigenvalue weighted by Gasteiger charge is -2.14. The van der Waals surface area contributed by atoms with Crippen LogP contribution in [-0.2, 0) is 9.59 Å². The number of rotatable bonds is 11. The van der Waals surface area contributed by atoms with Crippen molar-refractivity contribution in [3.05, 3.63) is 114 Å². The third-order valence-electron chi connectivity index (χ3n) is 6.48. The zero-order valence-corrected chi connectivity index (χ0v) is 25.0. The van der Waals surface area contributed by atoms with E-state index >= 15 is 0 Å². The molecule has 1 unspecified atom stereocenters. The highest BCUT2D eigenvalue weighted by molar-refractivity contribution is 8.00. The number of amides is 3. The van der Waals surface area contributed by atoms with E-state index in [1.807, 2.05) is 50.2 Å². The molecule has 3 amide bonds. The third kappa shape index (κ3) is 7.78. The van der Waals surface area contributed by atoms with E-state index in [0.29, 0.717) is 46.4 Å². The molecule has 0 saturated carbocycles. The van der Waals surface area contributed by atoms with Crippen molar-refractivity contribution in [3.63, 3.8) is 0 Å². The lowest BCUT2D eigenvalue weighted by atomic mass is 10.1. The average molecular weight is 610 g/mol. The fraction of sp³-hybridized carbons (Fsp3) is 0.147. The SMILES string of the molecule is CCOc1ccccc1/C=C(\NC(=O)c1ccccc1)C(=O)Nc1ccc(SC(C)C(=O)Nc2ccc3c(c2)OCO3)cc1. The molecular weight excluding hydrogens is 578 g/mol. The predicted molar refractivity (Wildman–Crippen MR) is 171 cm³/mol. The van der Waals surface area contributed by atoms with Gasteiger partial charge in [-0.05, 0) is 74.5 Å². The van der Waals surface area contributed by atoms with Crippen molar-refractivity contribution in [1.29, 1.82) is 0 Å². The first kappa shape index (κ1) is 30.2. The highest BCUT2D eigenvalue weighted by Gasteiger charge is 2.19. The van der Waals surface area contributed by atoms with Crippen molar-refractivity contribution >= 4 is 46.9 Å². The molecule has 0 radical (unpaired) electrons. The molecule has 44 heavy (non-hydrogen) atoms. The van der Waals surface area contributed by atoms with Gasteiger partial charge in [-0.15, -0.1) is 11.8 Å². The van der Waals surface area contributed by atoms with Gasteiger partial charge in [0.15, 0.2) is 11.5 Å². The van der Waals surface area contributed by atoms with Crippen LogP contribution in [0.25, 0.3) is 6.08 Å². The van der Waals surface area contributed by atoms with Crippen molar-refractivity contribution in [3.8, 4) is 17.2 Å². The van der Waals surface area contributed by atoms with Crippen molar-refractivity contribution in [2.75, 3.05) is 24.0 Å². The van der Waals surface area contributed by atoms with E-state index in [1.165, 1.54) is 11.8 Å². The Morgan fingerprint density at radius 2 is 1.57 bits per heavy atom. The van der Waals surface area contributed by atoms with Gasteiger partial charge in [-0.1, -0.05) is 36.4 Å². The maximum Gasteiger partial charge on any atom is 0.272 e. The highest BCUT2D eigenvalue weighted by atomic mass is 32.2. The molecule has 1 atom stereocenters. The number of anilines is 2. The van der Waals surface area contributed by atoms with E-state index in [-0.39, 0.29) is 18.4 Å². The topological polar surface area (TPSA) is 115 Å². The predicted octanol–water partition coefficient (Wildman–Crippen LogP) is 6.34. The summed E-state index contributed by atoms with van der Waals surface area (Å²) >= 11 is 1.38. The quantitative estimate of drug-likeness (QED) is 0.134. The van der Waals surface area contributed by atoms with Crippen LogP contribution in [0.1, 0.15) is 29.8 Å². The molecule has 0 saturated heterocycles. The summed E-state index contributed by atoms with van der Waals surface area (Å²) in [6.07, 6.45) is 1.59. The van der Waals surface area contributed by atoms with Gasteiger partial charge in [-0.3, -0.25) is 14.4 Å². The molecule has 0 bridgehead atoms. The van der Waals surface area contributed by atoms with Crippen LogP contribution in [0.4, 0.5) is 11.4 Å². The lowest BCUT2D eigenvalue weighted by Crippen LogP contribution is -2.30. The van der Waals surface area contributed by atoms with Gasteiger partial charge in [0.25, 0.3) is 11.8 Å². The molecule has 0 spiro atoms. The van der Waals surface area contributed by atoms with Crippen LogP contribution in [0, 0.1) is 0 Å². The number of para-hydroxylation sites is 1. The Bertz CT molecular complexity index is 1670. The Morgan fingerprint density at radius 3 is 2.34 bits per heavy atom. The molecule has 10 heteroatoms. The van der Waals surface area contributed by atoms with Crippen LogP contribution < -0.4 is 30.2 Å². The normalized spacial score (nSPS) is 12.6. The Balaban J connectivity index is 1.25. The van der Waals surface area contributed by atoms with E-state index in [4.69, 9.17) is 14.2 Å². The van der Waals surface area contributed by atoms with Crippen molar-refractivity contribution in [1.82, 2.24) is 5.32 Å². The summed E-state index contributed by atoms with van der Waals surface area (Å²) in [6.45, 7) is 4.30. The molecule has 9 nitrogen and oxygen atoms in total. The lowest BCUT2D eigenvalue weighted by molar-refractivity contribution is -0.115. The second-order valence-corrected chi connectivity index (χ2v) is 11.1. The van der Waals surface area contributed by atoms with E-state index in [2.05, 4.69) is 16.0 Å². The fourth-order valence-corrected chi connectivity index (χ4v) is 5.14. The molecule has 0 fully saturated rings. The minimum Gasteiger partial charge on any atom is -0.493 e. The monoisotopic (exact) mass is 609 g/mol. The Kier molecular flexibility index (Phi) is 9.83. The first-order valence-electron chi connectivity index (χ1n) is 14.0. The summed E-state index contributed by atoms with van der Waals surface area (Å²) in [5.41, 5.74) is 2.26. The minimum atomic E-state index is -0.502. The standard InChI is InChI=1S/C34H31N3O6S/c1-3-41-29-12-8-7-11-24(29)19-28(37-33(39)23-9-5-4-6-10-23)34(40)35-25-13-16-27(17-14-25)44-22(2)32(38)36-26-15-18-30-31(20-26)43-21-42-30/h4-20,22H,3,21H2,1-2H3,(H,35,40)(H,36,38)(H,37,39)/b28-19-. The van der Waals surface area contributed by atoms with Gasteiger partial charge in [0.1, 0.15) is 11.4 Å². The molecule has 4 aromatic carbocycles. The van der Waals surface area contributed by atoms with Crippen LogP contribution in [0.15, 0.2) is 108 Å². The van der Waals surface area contributed by atoms with Crippen molar-refractivity contribution in [2.45, 2.75) is 24.0 Å². The number of carbonyl (C=O) groups excluding carboxylic acids is 3. The molecule has 4 aromatic rings. The second kappa shape index (κ2) is 14.3. The van der Waals surface area contributed by atoms with Crippen LogP contribution in [0.2, 0.25) is 0 Å². The zero-order chi connectivity index (χ0) is 30.9. The molecule has 1 aliphatic heterocycles. The van der Waals surface area contributed by atoms with Crippen LogP contribution in [0.3, 0.4) is 0 Å². The maximum absolute atomic E-state index is 13.4. The fourth-order valence-electron chi connectivity index (χ4n) is 4.28. The molecule has 0 aromatic heterocycles. The summed E-state index contributed by atoms with van der Waals surface area (Å²) in [6, 6.07) is 28.3. The molecule has 5 rings (SSSR count). The number of benzene rings is 4. The first-order valence-corrected chi connectivity index (χ1v) is 14.9. The Morgan fingerprint density at radius 1 is 0.864 bits per heavy atom. The number of fused-ring (bicyclic) bond motifs is 1. The van der Waals surface area contributed by atoms with Gasteiger partial charge in [0.2, 0.25) is 12.7 Å². The summed E-state index contributed by atoms with van der Waals surface area (Å²) in [7, 11) is 0. The van der Waals surface area contributed by atoms with Gasteiger partial charge in [-0.25, -0.2) is 0 Å². The number of carbonyl (C=O) groups is 3. The second-order valence-electron chi connectivity index (χ2n) is 9.64. The van der Waals surface area contributed by atoms with Crippen molar-refractivity contribution in [2.24, 2.45) is 0 Å². The first-order chi connectivity index (χ1) is 21.4. The molecule has 224 valence electrons. The number of nitrogens with one attached hydrogen (secondary N) is 3. The van der Waals surface area contributed by atoms with Gasteiger partial charge >= 0.3 is 0 Å². The van der Waals surface area contributed by atoms with E-state index < -0.39 is 17.1 Å². The number of hydrogen-bond donors (Lipinski definition) is 3. The molecule has 0 aliphatic carbocycles. The Hall–Kier alpha value is -5.22. The van der Waals surface area contributed by atoms with Crippen LogP contribution in [0.5, 0.6) is 17.2 Å². The number of hydrogen-bond acceptors (Lipinski definition) is 7. The largest absolute Gasteiger partial charge is 0.493 e. The number of ether oxygens (including phenoxy) is 3. The third-order valence-corrected chi connectivity index (χ3v) is 7.59. The molecule has 1 heterocycles. The van der Waals surface area contributed by atoms with E-state index in [9.17, 15) is 14.4 Å². The van der Waals surface area contributed by atoms with E-state index in [0.717, 1.165) is 4.90 Å². The molecule has 1 aliphatic rings. The summed E-state index contributed by atoms with van der Waals surface area (Å²) in [5, 5.41) is 8.10. The zero-order valence-electron chi connectivity index (χ0n) is 24.2. The van der Waals surface area contributed by atoms with Crippen molar-refractivity contribution < 1.29 is 28.6 Å². The highest BCUT2D eigenvalue weighted by Crippen LogP contribution is 2.34. The molecular formula is C34H31N3O6S. The number of thioether (sulfide) groups is 1. The summed E-state index contributed by atoms with van der Waals surface area (Å²) in [5.74, 6) is 0.749. The maximum atomic E-state index is 13.4. The smallest absolute Gasteiger partial charge is 0.272 e. The van der Waals surface area contributed by atoms with E-state index in [1.54, 1.807) is 66.7 Å². The van der Waals surface area contributed by atoms with Gasteiger partial charge in [0.05, 0.1) is 11.9 Å². The summed E-state index contributed by atoms with van der Waals surface area (Å²) in [4.78, 5) is 40.1. The van der Waals surface area contributed by atoms with Crippen LogP contribution in [-0.4, -0.2) is 36.4 Å². The molecule has 3 N–H and O–H groups in total. The minimum absolute atomic E-state index is 0.0540. The van der Waals surface area contributed by atoms with Crippen LogP contribution >= 0.6 is 11.8 Å². The van der Waals surface area contributed by atoms with Gasteiger partial charge in [0, 0.05) is 33.5 Å². The van der Waals surface area contributed by atoms with Gasteiger partial charge in [-0.2, -0.15) is 0 Å². The summed E-state index contributed by atoms with van der Waals surface area (Å²) < 4.78 is 16.4. The van der Waals surface area contributed by atoms with Gasteiger partial charge < -0.3 is 30.2 Å². The Labute approximate surface area is 259 Å².